The van der Waals surface area contributed by atoms with Gasteiger partial charge in [0.2, 0.25) is 0 Å². The van der Waals surface area contributed by atoms with E-state index in [-0.39, 0.29) is 0 Å². The third-order valence-corrected chi connectivity index (χ3v) is 3.62. The van der Waals surface area contributed by atoms with Gasteiger partial charge in [-0.1, -0.05) is 54.4 Å². The quantitative estimate of drug-likeness (QED) is 0.636. The third kappa shape index (κ3) is 5.81. The van der Waals surface area contributed by atoms with Crippen molar-refractivity contribution in [2.24, 2.45) is 0 Å². The molecular formula is C22H24O2. The predicted octanol–water partition coefficient (Wildman–Crippen LogP) is 6.05. The Hall–Kier alpha value is -2.74. The fraction of sp³-hybridized carbons (Fsp3) is 0.182. The molecule has 0 aliphatic carbocycles. The zero-order chi connectivity index (χ0) is 17.4. The number of aryl methyl sites for hydroxylation is 3. The molecule has 2 heteroatoms. The molecule has 2 nitrogen and oxygen atoms in total. The van der Waals surface area contributed by atoms with Gasteiger partial charge in [-0.2, -0.15) is 0 Å². The second kappa shape index (κ2) is 8.78. The molecule has 0 bridgehead atoms. The number of ether oxygens (including phenoxy) is 1. The Morgan fingerprint density at radius 2 is 1.08 bits per heavy atom. The van der Waals surface area contributed by atoms with Gasteiger partial charge in [-0.3, -0.25) is 0 Å². The Morgan fingerprint density at radius 1 is 0.667 bits per heavy atom. The summed E-state index contributed by atoms with van der Waals surface area (Å²) in [4.78, 5) is 0. The Bertz CT molecular complexity index is 705. The molecular weight excluding hydrogens is 296 g/mol. The van der Waals surface area contributed by atoms with E-state index in [1.54, 1.807) is 12.1 Å². The lowest BCUT2D eigenvalue weighted by Gasteiger charge is -2.06. The Balaban J connectivity index is 0.000000219. The molecule has 0 saturated heterocycles. The molecule has 0 unspecified atom stereocenters. The van der Waals surface area contributed by atoms with E-state index in [0.717, 1.165) is 17.9 Å². The summed E-state index contributed by atoms with van der Waals surface area (Å²) in [6.07, 6.45) is 1.06. The van der Waals surface area contributed by atoms with Crippen LogP contribution in [0.15, 0.2) is 72.8 Å². The minimum Gasteiger partial charge on any atom is -0.508 e. The second-order valence-electron chi connectivity index (χ2n) is 5.75. The van der Waals surface area contributed by atoms with Gasteiger partial charge in [0.1, 0.15) is 17.2 Å². The molecule has 0 saturated carbocycles. The van der Waals surface area contributed by atoms with Gasteiger partial charge < -0.3 is 9.84 Å². The Kier molecular flexibility index (Phi) is 6.44. The van der Waals surface area contributed by atoms with Gasteiger partial charge in [0, 0.05) is 0 Å². The predicted molar refractivity (Wildman–Crippen MR) is 99.9 cm³/mol. The van der Waals surface area contributed by atoms with Crippen molar-refractivity contribution in [1.29, 1.82) is 0 Å². The minimum atomic E-state index is 0.329. The number of phenols is 1. The zero-order valence-corrected chi connectivity index (χ0v) is 14.5. The molecule has 0 fully saturated rings. The summed E-state index contributed by atoms with van der Waals surface area (Å²) >= 11 is 0. The lowest BCUT2D eigenvalue weighted by atomic mass is 10.2. The highest BCUT2D eigenvalue weighted by atomic mass is 16.5. The fourth-order valence-electron chi connectivity index (χ4n) is 2.08. The van der Waals surface area contributed by atoms with Crippen LogP contribution in [0.2, 0.25) is 0 Å². The highest BCUT2D eigenvalue weighted by Crippen LogP contribution is 2.21. The van der Waals surface area contributed by atoms with Crippen LogP contribution < -0.4 is 4.74 Å². The molecule has 0 spiro atoms. The molecule has 3 aromatic carbocycles. The van der Waals surface area contributed by atoms with E-state index in [9.17, 15) is 0 Å². The third-order valence-electron chi connectivity index (χ3n) is 3.62. The first kappa shape index (κ1) is 17.6. The summed E-state index contributed by atoms with van der Waals surface area (Å²) in [5.74, 6) is 2.10. The second-order valence-corrected chi connectivity index (χ2v) is 5.75. The molecule has 0 aromatic heterocycles. The summed E-state index contributed by atoms with van der Waals surface area (Å²) in [7, 11) is 0. The molecule has 0 radical (unpaired) electrons. The average molecular weight is 320 g/mol. The maximum atomic E-state index is 8.76. The van der Waals surface area contributed by atoms with Crippen molar-refractivity contribution >= 4 is 0 Å². The van der Waals surface area contributed by atoms with Crippen LogP contribution in [0.1, 0.15) is 23.6 Å². The van der Waals surface area contributed by atoms with Gasteiger partial charge in [0.15, 0.2) is 0 Å². The van der Waals surface area contributed by atoms with Crippen LogP contribution in [0, 0.1) is 13.8 Å². The van der Waals surface area contributed by atoms with Gasteiger partial charge >= 0.3 is 0 Å². The Morgan fingerprint density at radius 3 is 1.50 bits per heavy atom. The minimum absolute atomic E-state index is 0.329. The summed E-state index contributed by atoms with van der Waals surface area (Å²) in [5.41, 5.74) is 3.74. The average Bonchev–Trinajstić information content (AvgIpc) is 2.61. The van der Waals surface area contributed by atoms with E-state index < -0.39 is 0 Å². The number of benzene rings is 3. The van der Waals surface area contributed by atoms with Gasteiger partial charge in [-0.25, -0.2) is 0 Å². The van der Waals surface area contributed by atoms with Crippen molar-refractivity contribution in [2.75, 3.05) is 0 Å². The molecule has 0 atom stereocenters. The van der Waals surface area contributed by atoms with Crippen molar-refractivity contribution in [3.8, 4) is 17.2 Å². The van der Waals surface area contributed by atoms with E-state index >= 15 is 0 Å². The standard InChI is InChI=1S/C15H16O.C7H8O/c1-3-13-6-10-15(11-7-13)16-14-8-4-12(2)5-9-14;1-6-2-4-7(8)5-3-6/h4-11H,3H2,1-2H3;2-5,8H,1H3. The van der Waals surface area contributed by atoms with Crippen LogP contribution in [0.25, 0.3) is 0 Å². The van der Waals surface area contributed by atoms with Crippen LogP contribution >= 0.6 is 0 Å². The van der Waals surface area contributed by atoms with Crippen molar-refractivity contribution in [3.05, 3.63) is 89.5 Å². The van der Waals surface area contributed by atoms with Crippen molar-refractivity contribution in [3.63, 3.8) is 0 Å². The monoisotopic (exact) mass is 320 g/mol. The van der Waals surface area contributed by atoms with Crippen molar-refractivity contribution in [2.45, 2.75) is 27.2 Å². The number of rotatable bonds is 3. The van der Waals surface area contributed by atoms with E-state index in [4.69, 9.17) is 9.84 Å². The fourth-order valence-corrected chi connectivity index (χ4v) is 2.08. The highest BCUT2D eigenvalue weighted by molar-refractivity contribution is 5.34. The number of hydrogen-bond donors (Lipinski definition) is 1. The van der Waals surface area contributed by atoms with Gasteiger partial charge in [0.25, 0.3) is 0 Å². The molecule has 0 heterocycles. The molecule has 0 aliphatic heterocycles. The largest absolute Gasteiger partial charge is 0.508 e. The molecule has 124 valence electrons. The van der Waals surface area contributed by atoms with Crippen LogP contribution in [-0.4, -0.2) is 5.11 Å². The van der Waals surface area contributed by atoms with E-state index in [1.165, 1.54) is 16.7 Å². The van der Waals surface area contributed by atoms with Gasteiger partial charge in [-0.15, -0.1) is 0 Å². The maximum Gasteiger partial charge on any atom is 0.127 e. The van der Waals surface area contributed by atoms with E-state index in [1.807, 2.05) is 43.3 Å². The van der Waals surface area contributed by atoms with Crippen LogP contribution in [0.3, 0.4) is 0 Å². The van der Waals surface area contributed by atoms with Gasteiger partial charge in [-0.05, 0) is 62.2 Å². The molecule has 0 amide bonds. The maximum absolute atomic E-state index is 8.76. The highest BCUT2D eigenvalue weighted by Gasteiger charge is 1.96. The molecule has 3 aromatic rings. The number of aromatic hydroxyl groups is 1. The number of phenolic OH excluding ortho intramolecular Hbond substituents is 1. The first-order valence-corrected chi connectivity index (χ1v) is 8.16. The van der Waals surface area contributed by atoms with Crippen molar-refractivity contribution < 1.29 is 9.84 Å². The lowest BCUT2D eigenvalue weighted by molar-refractivity contribution is 0.475. The molecule has 24 heavy (non-hydrogen) atoms. The lowest BCUT2D eigenvalue weighted by Crippen LogP contribution is -1.85. The normalized spacial score (nSPS) is 9.79. The summed E-state index contributed by atoms with van der Waals surface area (Å²) < 4.78 is 5.73. The van der Waals surface area contributed by atoms with Gasteiger partial charge in [0.05, 0.1) is 0 Å². The van der Waals surface area contributed by atoms with E-state index in [0.29, 0.717) is 5.75 Å². The molecule has 3 rings (SSSR count). The van der Waals surface area contributed by atoms with Crippen LogP contribution in [0.5, 0.6) is 17.2 Å². The topological polar surface area (TPSA) is 29.5 Å². The summed E-state index contributed by atoms with van der Waals surface area (Å²) in [6.45, 7) is 6.20. The first-order valence-electron chi connectivity index (χ1n) is 8.16. The van der Waals surface area contributed by atoms with Crippen LogP contribution in [0.4, 0.5) is 0 Å². The SMILES string of the molecule is CCc1ccc(Oc2ccc(C)cc2)cc1.Cc1ccc(O)cc1. The molecule has 1 N–H and O–H groups in total. The van der Waals surface area contributed by atoms with Crippen molar-refractivity contribution in [1.82, 2.24) is 0 Å². The summed E-state index contributed by atoms with van der Waals surface area (Å²) in [6, 6.07) is 23.4. The first-order chi connectivity index (χ1) is 11.6. The smallest absolute Gasteiger partial charge is 0.127 e. The molecule has 0 aliphatic rings. The van der Waals surface area contributed by atoms with Crippen LogP contribution in [-0.2, 0) is 6.42 Å². The number of hydrogen-bond acceptors (Lipinski definition) is 2. The Labute approximate surface area is 144 Å². The van der Waals surface area contributed by atoms with E-state index in [2.05, 4.69) is 38.1 Å². The zero-order valence-electron chi connectivity index (χ0n) is 14.5. The summed E-state index contributed by atoms with van der Waals surface area (Å²) in [5, 5.41) is 8.76.